The third-order valence-corrected chi connectivity index (χ3v) is 5.58. The molecular formula is C14H19O7P. The number of fused-ring (bicyclic) bond motifs is 1. The first kappa shape index (κ1) is 16.8. The molecule has 1 unspecified atom stereocenters. The molecule has 0 amide bonds. The molecule has 0 fully saturated rings. The molecule has 0 aromatic heterocycles. The molecule has 0 saturated carbocycles. The van der Waals surface area contributed by atoms with E-state index in [1.54, 1.807) is 32.0 Å². The smallest absolute Gasteiger partial charge is 0.345 e. The highest BCUT2D eigenvalue weighted by atomic mass is 31.2. The number of carboxylic acids is 1. The Hall–Kier alpha value is -1.56. The summed E-state index contributed by atoms with van der Waals surface area (Å²) in [7, 11) is -3.77. The van der Waals surface area contributed by atoms with Crippen molar-refractivity contribution >= 4 is 13.6 Å². The SMILES string of the molecule is CCOP(=O)(OCC)C(Cc1cccc2c1OCO2)C(=O)O. The second-order valence-corrected chi connectivity index (χ2v) is 6.80. The van der Waals surface area contributed by atoms with Crippen LogP contribution >= 0.6 is 7.60 Å². The van der Waals surface area contributed by atoms with Crippen LogP contribution in [0.3, 0.4) is 0 Å². The van der Waals surface area contributed by atoms with Gasteiger partial charge in [-0.15, -0.1) is 0 Å². The van der Waals surface area contributed by atoms with Gasteiger partial charge in [0.2, 0.25) is 6.79 Å². The molecule has 0 spiro atoms. The summed E-state index contributed by atoms with van der Waals surface area (Å²) in [6.45, 7) is 3.57. The Morgan fingerprint density at radius 2 is 2.00 bits per heavy atom. The molecule has 0 saturated heterocycles. The number of ether oxygens (including phenoxy) is 2. The van der Waals surface area contributed by atoms with Crippen molar-refractivity contribution in [1.29, 1.82) is 0 Å². The Bertz CT molecular complexity index is 577. The Kier molecular flexibility index (Phi) is 5.45. The van der Waals surface area contributed by atoms with E-state index in [0.717, 1.165) is 0 Å². The highest BCUT2D eigenvalue weighted by Crippen LogP contribution is 2.54. The average Bonchev–Trinajstić information content (AvgIpc) is 2.93. The summed E-state index contributed by atoms with van der Waals surface area (Å²) in [6, 6.07) is 5.17. The van der Waals surface area contributed by atoms with Crippen molar-refractivity contribution in [3.8, 4) is 11.5 Å². The number of hydrogen-bond acceptors (Lipinski definition) is 6. The van der Waals surface area contributed by atoms with Crippen molar-refractivity contribution in [2.24, 2.45) is 0 Å². The number of hydrogen-bond donors (Lipinski definition) is 1. The first-order valence-electron chi connectivity index (χ1n) is 7.01. The van der Waals surface area contributed by atoms with Gasteiger partial charge in [-0.25, -0.2) is 0 Å². The highest BCUT2D eigenvalue weighted by Gasteiger charge is 2.42. The Labute approximate surface area is 128 Å². The number of carboxylic acid groups (broad SMARTS) is 1. The Morgan fingerprint density at radius 3 is 2.59 bits per heavy atom. The van der Waals surface area contributed by atoms with Gasteiger partial charge in [-0.2, -0.15) is 0 Å². The van der Waals surface area contributed by atoms with Gasteiger partial charge < -0.3 is 23.6 Å². The molecule has 2 rings (SSSR count). The molecule has 22 heavy (non-hydrogen) atoms. The zero-order valence-corrected chi connectivity index (χ0v) is 13.4. The maximum atomic E-state index is 12.8. The minimum atomic E-state index is -3.77. The fourth-order valence-electron chi connectivity index (χ4n) is 2.27. The van der Waals surface area contributed by atoms with E-state index in [9.17, 15) is 14.5 Å². The maximum absolute atomic E-state index is 12.8. The van der Waals surface area contributed by atoms with Crippen LogP contribution in [-0.4, -0.2) is 36.7 Å². The molecule has 1 aromatic carbocycles. The molecule has 0 bridgehead atoms. The topological polar surface area (TPSA) is 91.3 Å². The van der Waals surface area contributed by atoms with E-state index in [1.165, 1.54) is 0 Å². The van der Waals surface area contributed by atoms with Gasteiger partial charge in [-0.3, -0.25) is 9.36 Å². The first-order chi connectivity index (χ1) is 10.5. The van der Waals surface area contributed by atoms with Crippen LogP contribution in [-0.2, 0) is 24.8 Å². The Morgan fingerprint density at radius 1 is 1.32 bits per heavy atom. The highest BCUT2D eigenvalue weighted by molar-refractivity contribution is 7.55. The van der Waals surface area contributed by atoms with Crippen LogP contribution in [0.1, 0.15) is 19.4 Å². The zero-order valence-electron chi connectivity index (χ0n) is 12.5. The third kappa shape index (κ3) is 3.43. The molecule has 0 radical (unpaired) electrons. The van der Waals surface area contributed by atoms with E-state index in [4.69, 9.17) is 18.5 Å². The van der Waals surface area contributed by atoms with Gasteiger partial charge in [0.05, 0.1) is 13.2 Å². The van der Waals surface area contributed by atoms with Crippen LogP contribution in [0.5, 0.6) is 11.5 Å². The van der Waals surface area contributed by atoms with E-state index >= 15 is 0 Å². The van der Waals surface area contributed by atoms with Crippen molar-refractivity contribution in [3.63, 3.8) is 0 Å². The van der Waals surface area contributed by atoms with E-state index in [2.05, 4.69) is 0 Å². The van der Waals surface area contributed by atoms with E-state index in [0.29, 0.717) is 17.1 Å². The van der Waals surface area contributed by atoms with E-state index < -0.39 is 19.2 Å². The lowest BCUT2D eigenvalue weighted by Crippen LogP contribution is -2.25. The second kappa shape index (κ2) is 7.13. The van der Waals surface area contributed by atoms with Crippen LogP contribution in [0.15, 0.2) is 18.2 Å². The summed E-state index contributed by atoms with van der Waals surface area (Å²) >= 11 is 0. The fourth-order valence-corrected chi connectivity index (χ4v) is 4.12. The molecule has 1 aromatic rings. The lowest BCUT2D eigenvalue weighted by atomic mass is 10.1. The van der Waals surface area contributed by atoms with Crippen LogP contribution in [0.2, 0.25) is 0 Å². The van der Waals surface area contributed by atoms with Gasteiger partial charge in [0.1, 0.15) is 0 Å². The summed E-state index contributed by atoms with van der Waals surface area (Å²) in [6.07, 6.45) is -0.0286. The molecule has 8 heteroatoms. The molecular weight excluding hydrogens is 311 g/mol. The van der Waals surface area contributed by atoms with Gasteiger partial charge >= 0.3 is 13.6 Å². The van der Waals surface area contributed by atoms with Crippen molar-refractivity contribution in [3.05, 3.63) is 23.8 Å². The molecule has 1 atom stereocenters. The molecule has 1 aliphatic heterocycles. The van der Waals surface area contributed by atoms with Crippen molar-refractivity contribution in [2.45, 2.75) is 25.9 Å². The third-order valence-electron chi connectivity index (χ3n) is 3.18. The number of benzene rings is 1. The standard InChI is InChI=1S/C14H19O7P/c1-3-20-22(17,21-4-2)12(14(15)16)8-10-6-5-7-11-13(10)19-9-18-11/h5-7,12H,3-4,8-9H2,1-2H3,(H,15,16). The van der Waals surface area contributed by atoms with Crippen LogP contribution in [0, 0.1) is 0 Å². The maximum Gasteiger partial charge on any atom is 0.345 e. The summed E-state index contributed by atoms with van der Waals surface area (Å²) in [5.74, 6) is -0.209. The molecule has 1 N–H and O–H groups in total. The number of aliphatic carboxylic acids is 1. The normalized spacial score (nSPS) is 14.8. The summed E-state index contributed by atoms with van der Waals surface area (Å²) < 4.78 is 33.7. The van der Waals surface area contributed by atoms with Crippen LogP contribution < -0.4 is 9.47 Å². The van der Waals surface area contributed by atoms with Crippen LogP contribution in [0.25, 0.3) is 0 Å². The summed E-state index contributed by atoms with van der Waals surface area (Å²) in [5.41, 5.74) is -0.704. The van der Waals surface area contributed by atoms with Gasteiger partial charge in [-0.1, -0.05) is 12.1 Å². The van der Waals surface area contributed by atoms with Gasteiger partial charge in [0.25, 0.3) is 0 Å². The monoisotopic (exact) mass is 330 g/mol. The first-order valence-corrected chi connectivity index (χ1v) is 8.62. The van der Waals surface area contributed by atoms with Gasteiger partial charge in [-0.05, 0) is 25.5 Å². The van der Waals surface area contributed by atoms with Gasteiger partial charge in [0.15, 0.2) is 17.2 Å². The average molecular weight is 330 g/mol. The molecule has 0 aliphatic carbocycles. The molecule has 122 valence electrons. The summed E-state index contributed by atoms with van der Waals surface area (Å²) in [5, 5.41) is 9.47. The quantitative estimate of drug-likeness (QED) is 0.733. The van der Waals surface area contributed by atoms with Crippen molar-refractivity contribution in [2.75, 3.05) is 20.0 Å². The predicted molar refractivity (Wildman–Crippen MR) is 78.6 cm³/mol. The predicted octanol–water partition coefficient (Wildman–Crippen LogP) is 2.68. The van der Waals surface area contributed by atoms with E-state index in [1.807, 2.05) is 0 Å². The fraction of sp³-hybridized carbons (Fsp3) is 0.500. The Balaban J connectivity index is 2.31. The minimum Gasteiger partial charge on any atom is -0.481 e. The lowest BCUT2D eigenvalue weighted by molar-refractivity contribution is -0.137. The minimum absolute atomic E-state index is 0.0286. The number of carbonyl (C=O) groups is 1. The number of rotatable bonds is 8. The molecule has 7 nitrogen and oxygen atoms in total. The summed E-state index contributed by atoms with van der Waals surface area (Å²) in [4.78, 5) is 11.6. The number of para-hydroxylation sites is 1. The van der Waals surface area contributed by atoms with Crippen molar-refractivity contribution < 1.29 is 33.0 Å². The largest absolute Gasteiger partial charge is 0.481 e. The van der Waals surface area contributed by atoms with E-state index in [-0.39, 0.29) is 26.4 Å². The van der Waals surface area contributed by atoms with Crippen molar-refractivity contribution in [1.82, 2.24) is 0 Å². The molecule has 1 aliphatic rings. The van der Waals surface area contributed by atoms with Crippen LogP contribution in [0.4, 0.5) is 0 Å². The second-order valence-electron chi connectivity index (χ2n) is 4.58. The zero-order chi connectivity index (χ0) is 16.2. The van der Waals surface area contributed by atoms with Gasteiger partial charge in [0, 0.05) is 6.42 Å². The lowest BCUT2D eigenvalue weighted by Gasteiger charge is -2.23. The molecule has 1 heterocycles.